The van der Waals surface area contributed by atoms with E-state index in [1.807, 2.05) is 24.7 Å². The fourth-order valence-electron chi connectivity index (χ4n) is 2.17. The molecule has 5 nitrogen and oxygen atoms in total. The molecule has 0 aliphatic heterocycles. The molecule has 0 saturated carbocycles. The van der Waals surface area contributed by atoms with Gasteiger partial charge in [0.1, 0.15) is 4.83 Å². The Morgan fingerprint density at radius 1 is 1.50 bits per heavy atom. The lowest BCUT2D eigenvalue weighted by Gasteiger charge is -2.11. The first-order valence-electron chi connectivity index (χ1n) is 6.82. The summed E-state index contributed by atoms with van der Waals surface area (Å²) in [4.78, 5) is 13.9. The zero-order valence-corrected chi connectivity index (χ0v) is 13.1. The van der Waals surface area contributed by atoms with Crippen molar-refractivity contribution in [1.82, 2.24) is 15.1 Å². The lowest BCUT2D eigenvalue weighted by atomic mass is 10.1. The highest BCUT2D eigenvalue weighted by molar-refractivity contribution is 7.20. The first-order chi connectivity index (χ1) is 9.43. The molecule has 1 amide bonds. The van der Waals surface area contributed by atoms with Crippen LogP contribution in [0.4, 0.5) is 0 Å². The van der Waals surface area contributed by atoms with E-state index in [1.54, 1.807) is 0 Å². The van der Waals surface area contributed by atoms with Crippen molar-refractivity contribution in [3.8, 4) is 0 Å². The minimum absolute atomic E-state index is 0.0274. The van der Waals surface area contributed by atoms with Crippen LogP contribution in [0, 0.1) is 0 Å². The quantitative estimate of drug-likeness (QED) is 0.889. The maximum atomic E-state index is 12.2. The molecular weight excluding hydrogens is 274 g/mol. The summed E-state index contributed by atoms with van der Waals surface area (Å²) in [6.45, 7) is 6.17. The van der Waals surface area contributed by atoms with Gasteiger partial charge in [0.05, 0.1) is 10.6 Å². The Hall–Kier alpha value is -1.40. The Morgan fingerprint density at radius 2 is 2.20 bits per heavy atom. The number of thiophene rings is 1. The monoisotopic (exact) mass is 295 g/mol. The molecular formula is C14H21N3O2S. The molecule has 1 atom stereocenters. The number of nitrogens with zero attached hydrogens (tertiary/aromatic N) is 2. The molecule has 20 heavy (non-hydrogen) atoms. The summed E-state index contributed by atoms with van der Waals surface area (Å²) in [7, 11) is 1.90. The molecule has 2 heterocycles. The van der Waals surface area contributed by atoms with Gasteiger partial charge in [0.25, 0.3) is 5.91 Å². The number of fused-ring (bicyclic) bond motifs is 1. The standard InChI is InChI=1S/C14H21N3O2S/c1-8(2)12-10-7-11(20-14(10)17(4)16-12)13(19)15-9(3)5-6-18/h7-9,18H,5-6H2,1-4H3,(H,15,19). The molecule has 0 spiro atoms. The van der Waals surface area contributed by atoms with Gasteiger partial charge in [0.2, 0.25) is 0 Å². The van der Waals surface area contributed by atoms with Crippen LogP contribution in [0.1, 0.15) is 48.5 Å². The molecule has 0 radical (unpaired) electrons. The van der Waals surface area contributed by atoms with Crippen molar-refractivity contribution in [1.29, 1.82) is 0 Å². The number of carbonyl (C=O) groups is 1. The molecule has 0 aliphatic carbocycles. The van der Waals surface area contributed by atoms with Crippen LogP contribution >= 0.6 is 11.3 Å². The van der Waals surface area contributed by atoms with Crippen LogP contribution in [-0.2, 0) is 7.05 Å². The van der Waals surface area contributed by atoms with E-state index in [9.17, 15) is 4.79 Å². The van der Waals surface area contributed by atoms with Gasteiger partial charge in [-0.05, 0) is 25.3 Å². The lowest BCUT2D eigenvalue weighted by molar-refractivity contribution is 0.0938. The van der Waals surface area contributed by atoms with Crippen molar-refractivity contribution < 1.29 is 9.90 Å². The fourth-order valence-corrected chi connectivity index (χ4v) is 3.15. The van der Waals surface area contributed by atoms with E-state index in [-0.39, 0.29) is 18.6 Å². The minimum atomic E-state index is -0.0816. The Balaban J connectivity index is 2.28. The van der Waals surface area contributed by atoms with Gasteiger partial charge in [0, 0.05) is 25.1 Å². The van der Waals surface area contributed by atoms with E-state index in [2.05, 4.69) is 24.3 Å². The molecule has 110 valence electrons. The summed E-state index contributed by atoms with van der Waals surface area (Å²) in [5.41, 5.74) is 1.03. The number of carbonyl (C=O) groups excluding carboxylic acids is 1. The van der Waals surface area contributed by atoms with Crippen LogP contribution in [0.2, 0.25) is 0 Å². The second kappa shape index (κ2) is 5.93. The molecule has 2 N–H and O–H groups in total. The normalized spacial score (nSPS) is 13.1. The molecule has 6 heteroatoms. The third-order valence-corrected chi connectivity index (χ3v) is 4.45. The van der Waals surface area contributed by atoms with E-state index in [1.165, 1.54) is 11.3 Å². The third kappa shape index (κ3) is 2.86. The van der Waals surface area contributed by atoms with Crippen molar-refractivity contribution in [2.75, 3.05) is 6.61 Å². The topological polar surface area (TPSA) is 67.2 Å². The molecule has 2 aromatic rings. The van der Waals surface area contributed by atoms with Crippen molar-refractivity contribution in [3.63, 3.8) is 0 Å². The van der Waals surface area contributed by atoms with Crippen molar-refractivity contribution >= 4 is 27.5 Å². The zero-order valence-electron chi connectivity index (χ0n) is 12.3. The highest BCUT2D eigenvalue weighted by Crippen LogP contribution is 2.31. The summed E-state index contributed by atoms with van der Waals surface area (Å²) in [5, 5.41) is 17.3. The van der Waals surface area contributed by atoms with Crippen LogP contribution in [0.25, 0.3) is 10.2 Å². The van der Waals surface area contributed by atoms with Crippen LogP contribution in [0.5, 0.6) is 0 Å². The lowest BCUT2D eigenvalue weighted by Crippen LogP contribution is -2.32. The second-order valence-electron chi connectivity index (χ2n) is 5.38. The first kappa shape index (κ1) is 15.0. The second-order valence-corrected chi connectivity index (χ2v) is 6.41. The Bertz CT molecular complexity index is 615. The Kier molecular flexibility index (Phi) is 4.45. The van der Waals surface area contributed by atoms with Crippen LogP contribution in [0.15, 0.2) is 6.07 Å². The maximum Gasteiger partial charge on any atom is 0.261 e. The van der Waals surface area contributed by atoms with E-state index in [4.69, 9.17) is 5.11 Å². The van der Waals surface area contributed by atoms with Crippen molar-refractivity contribution in [3.05, 3.63) is 16.6 Å². The average Bonchev–Trinajstić information content (AvgIpc) is 2.90. The molecule has 2 rings (SSSR count). The van der Waals surface area contributed by atoms with Crippen LogP contribution in [-0.4, -0.2) is 33.4 Å². The smallest absolute Gasteiger partial charge is 0.261 e. The van der Waals surface area contributed by atoms with Crippen LogP contribution in [0.3, 0.4) is 0 Å². The fraction of sp³-hybridized carbons (Fsp3) is 0.571. The zero-order chi connectivity index (χ0) is 14.9. The molecule has 0 bridgehead atoms. The maximum absolute atomic E-state index is 12.2. The Labute approximate surface area is 122 Å². The summed E-state index contributed by atoms with van der Waals surface area (Å²) >= 11 is 1.46. The van der Waals surface area contributed by atoms with E-state index in [0.29, 0.717) is 17.2 Å². The largest absolute Gasteiger partial charge is 0.396 e. The van der Waals surface area contributed by atoms with Gasteiger partial charge < -0.3 is 10.4 Å². The van der Waals surface area contributed by atoms with E-state index in [0.717, 1.165) is 15.9 Å². The number of hydrogen-bond acceptors (Lipinski definition) is 4. The van der Waals surface area contributed by atoms with Gasteiger partial charge in [-0.15, -0.1) is 11.3 Å². The minimum Gasteiger partial charge on any atom is -0.396 e. The van der Waals surface area contributed by atoms with Crippen LogP contribution < -0.4 is 5.32 Å². The van der Waals surface area contributed by atoms with Gasteiger partial charge in [0.15, 0.2) is 0 Å². The van der Waals surface area contributed by atoms with Gasteiger partial charge >= 0.3 is 0 Å². The summed E-state index contributed by atoms with van der Waals surface area (Å²) in [5.74, 6) is 0.249. The van der Waals surface area contributed by atoms with Gasteiger partial charge in [-0.1, -0.05) is 13.8 Å². The molecule has 2 aromatic heterocycles. The van der Waals surface area contributed by atoms with Crippen molar-refractivity contribution in [2.45, 2.75) is 39.2 Å². The predicted octanol–water partition coefficient (Wildman–Crippen LogP) is 2.26. The molecule has 1 unspecified atom stereocenters. The molecule has 0 saturated heterocycles. The van der Waals surface area contributed by atoms with Gasteiger partial charge in [-0.2, -0.15) is 5.10 Å². The Morgan fingerprint density at radius 3 is 2.80 bits per heavy atom. The summed E-state index contributed by atoms with van der Waals surface area (Å²) < 4.78 is 1.84. The van der Waals surface area contributed by atoms with E-state index < -0.39 is 0 Å². The summed E-state index contributed by atoms with van der Waals surface area (Å²) in [6, 6.07) is 1.89. The number of aliphatic hydroxyl groups is 1. The number of amides is 1. The number of nitrogens with one attached hydrogen (secondary N) is 1. The number of aryl methyl sites for hydroxylation is 1. The molecule has 0 fully saturated rings. The molecule has 0 aromatic carbocycles. The average molecular weight is 295 g/mol. The summed E-state index contributed by atoms with van der Waals surface area (Å²) in [6.07, 6.45) is 0.565. The number of rotatable bonds is 5. The first-order valence-corrected chi connectivity index (χ1v) is 7.63. The highest BCUT2D eigenvalue weighted by atomic mass is 32.1. The SMILES string of the molecule is CC(CCO)NC(=O)c1cc2c(C(C)C)nn(C)c2s1. The van der Waals surface area contributed by atoms with Gasteiger partial charge in [-0.25, -0.2) is 0 Å². The number of aliphatic hydroxyl groups excluding tert-OH is 1. The predicted molar refractivity (Wildman–Crippen MR) is 81.3 cm³/mol. The third-order valence-electron chi connectivity index (χ3n) is 3.25. The number of hydrogen-bond donors (Lipinski definition) is 2. The molecule has 0 aliphatic rings. The highest BCUT2D eigenvalue weighted by Gasteiger charge is 2.19. The van der Waals surface area contributed by atoms with Gasteiger partial charge in [-0.3, -0.25) is 9.48 Å². The number of aromatic nitrogens is 2. The van der Waals surface area contributed by atoms with E-state index >= 15 is 0 Å². The van der Waals surface area contributed by atoms with Crippen molar-refractivity contribution in [2.24, 2.45) is 7.05 Å².